The normalized spacial score (nSPS) is 18.2. The van der Waals surface area contributed by atoms with E-state index in [2.05, 4.69) is 10.6 Å². The van der Waals surface area contributed by atoms with E-state index in [1.807, 2.05) is 6.26 Å². The first-order valence-electron chi connectivity index (χ1n) is 8.75. The predicted molar refractivity (Wildman–Crippen MR) is 101 cm³/mol. The average Bonchev–Trinajstić information content (AvgIpc) is 3.13. The lowest BCUT2D eigenvalue weighted by molar-refractivity contribution is -0.150. The fourth-order valence-corrected chi connectivity index (χ4v) is 3.36. The number of carbonyl (C=O) groups is 5. The van der Waals surface area contributed by atoms with Gasteiger partial charge in [-0.2, -0.15) is 11.8 Å². The molecule has 6 N–H and O–H groups in total. The van der Waals surface area contributed by atoms with Crippen LogP contribution in [0.2, 0.25) is 0 Å². The van der Waals surface area contributed by atoms with Gasteiger partial charge >= 0.3 is 11.9 Å². The van der Waals surface area contributed by atoms with Gasteiger partial charge in [-0.25, -0.2) is 4.79 Å². The van der Waals surface area contributed by atoms with Gasteiger partial charge < -0.3 is 31.5 Å². The number of nitrogens with two attached hydrogens (primary N) is 1. The van der Waals surface area contributed by atoms with E-state index in [9.17, 15) is 29.1 Å². The van der Waals surface area contributed by atoms with E-state index in [1.54, 1.807) is 0 Å². The Morgan fingerprint density at radius 2 is 1.86 bits per heavy atom. The number of nitrogens with zero attached hydrogens (tertiary/aromatic N) is 1. The Bertz CT molecular complexity index is 616. The number of carboxylic acids is 2. The molecule has 0 aromatic heterocycles. The molecule has 158 valence electrons. The van der Waals surface area contributed by atoms with Crippen molar-refractivity contribution >= 4 is 41.4 Å². The van der Waals surface area contributed by atoms with Crippen LogP contribution in [0.25, 0.3) is 0 Å². The summed E-state index contributed by atoms with van der Waals surface area (Å²) in [6.45, 7) is -0.157. The van der Waals surface area contributed by atoms with Crippen LogP contribution in [0.15, 0.2) is 0 Å². The molecule has 1 heterocycles. The minimum absolute atomic E-state index is 0.168. The van der Waals surface area contributed by atoms with Gasteiger partial charge in [-0.1, -0.05) is 0 Å². The molecule has 3 atom stereocenters. The molecule has 0 aliphatic carbocycles. The highest BCUT2D eigenvalue weighted by Gasteiger charge is 2.39. The van der Waals surface area contributed by atoms with Gasteiger partial charge in [0.2, 0.25) is 17.7 Å². The first kappa shape index (κ1) is 23.7. The van der Waals surface area contributed by atoms with E-state index in [4.69, 9.17) is 10.8 Å². The smallest absolute Gasteiger partial charge is 0.326 e. The summed E-state index contributed by atoms with van der Waals surface area (Å²) in [5.41, 5.74) is 5.25. The van der Waals surface area contributed by atoms with E-state index in [-0.39, 0.29) is 25.9 Å². The zero-order valence-corrected chi connectivity index (χ0v) is 16.4. The third kappa shape index (κ3) is 7.00. The molecule has 1 saturated heterocycles. The lowest BCUT2D eigenvalue weighted by Gasteiger charge is -2.28. The molecule has 12 heteroatoms. The molecular formula is C16H26N4O7S. The number of hydrogen-bond acceptors (Lipinski definition) is 7. The first-order valence-corrected chi connectivity index (χ1v) is 10.1. The molecule has 11 nitrogen and oxygen atoms in total. The minimum Gasteiger partial charge on any atom is -0.481 e. The van der Waals surface area contributed by atoms with Gasteiger partial charge in [0.05, 0.1) is 13.0 Å². The fraction of sp³-hybridized carbons (Fsp3) is 0.688. The molecule has 0 aromatic rings. The Labute approximate surface area is 166 Å². The maximum Gasteiger partial charge on any atom is 0.326 e. The molecule has 0 spiro atoms. The number of likely N-dealkylation sites (tertiary alicyclic amines) is 1. The third-order valence-electron chi connectivity index (χ3n) is 4.26. The summed E-state index contributed by atoms with van der Waals surface area (Å²) >= 11 is 1.44. The summed E-state index contributed by atoms with van der Waals surface area (Å²) < 4.78 is 0. The number of carbonyl (C=O) groups excluding carboxylic acids is 3. The van der Waals surface area contributed by atoms with Crippen LogP contribution < -0.4 is 16.4 Å². The molecule has 3 unspecified atom stereocenters. The van der Waals surface area contributed by atoms with Crippen LogP contribution in [0.3, 0.4) is 0 Å². The highest BCUT2D eigenvalue weighted by atomic mass is 32.2. The van der Waals surface area contributed by atoms with E-state index in [0.717, 1.165) is 4.90 Å². The molecule has 0 bridgehead atoms. The molecule has 3 amide bonds. The summed E-state index contributed by atoms with van der Waals surface area (Å²) in [4.78, 5) is 60.4. The molecule has 0 aromatic carbocycles. The second-order valence-electron chi connectivity index (χ2n) is 6.29. The van der Waals surface area contributed by atoms with Crippen LogP contribution in [0.1, 0.15) is 25.7 Å². The van der Waals surface area contributed by atoms with Crippen LogP contribution in [0, 0.1) is 0 Å². The highest BCUT2D eigenvalue weighted by molar-refractivity contribution is 7.98. The molecular weight excluding hydrogens is 392 g/mol. The number of aliphatic carboxylic acids is 2. The maximum absolute atomic E-state index is 12.7. The summed E-state index contributed by atoms with van der Waals surface area (Å²) in [5.74, 6) is -4.02. The Balaban J connectivity index is 2.94. The maximum atomic E-state index is 12.7. The van der Waals surface area contributed by atoms with E-state index < -0.39 is 54.2 Å². The summed E-state index contributed by atoms with van der Waals surface area (Å²) in [6, 6.07) is -3.47. The molecule has 1 aliphatic rings. The quantitative estimate of drug-likeness (QED) is 0.259. The largest absolute Gasteiger partial charge is 0.481 e. The second kappa shape index (κ2) is 11.5. The SMILES string of the molecule is CSCCC(NC(=O)CN)C(=O)NC(CC(=O)O)C(=O)N1CCCC1C(=O)O. The van der Waals surface area contributed by atoms with Gasteiger partial charge in [0, 0.05) is 6.54 Å². The highest BCUT2D eigenvalue weighted by Crippen LogP contribution is 2.19. The summed E-state index contributed by atoms with van der Waals surface area (Å²) in [6.07, 6.45) is 2.11. The third-order valence-corrected chi connectivity index (χ3v) is 4.91. The van der Waals surface area contributed by atoms with Crippen molar-refractivity contribution in [3.05, 3.63) is 0 Å². The number of amides is 3. The van der Waals surface area contributed by atoms with Gasteiger partial charge in [0.1, 0.15) is 18.1 Å². The number of thioether (sulfide) groups is 1. The Morgan fingerprint density at radius 3 is 2.39 bits per heavy atom. The van der Waals surface area contributed by atoms with Crippen LogP contribution in [0.5, 0.6) is 0 Å². The van der Waals surface area contributed by atoms with Crippen LogP contribution in [0.4, 0.5) is 0 Å². The van der Waals surface area contributed by atoms with Gasteiger partial charge in [-0.15, -0.1) is 0 Å². The summed E-state index contributed by atoms with van der Waals surface area (Å²) in [7, 11) is 0. The van der Waals surface area contributed by atoms with Crippen molar-refractivity contribution in [1.82, 2.24) is 15.5 Å². The van der Waals surface area contributed by atoms with Crippen LogP contribution in [-0.4, -0.2) is 88.0 Å². The van der Waals surface area contributed by atoms with E-state index >= 15 is 0 Å². The van der Waals surface area contributed by atoms with E-state index in [1.165, 1.54) is 11.8 Å². The Morgan fingerprint density at radius 1 is 1.18 bits per heavy atom. The predicted octanol–water partition coefficient (Wildman–Crippen LogP) is -1.78. The number of nitrogens with one attached hydrogen (secondary N) is 2. The van der Waals surface area contributed by atoms with Crippen molar-refractivity contribution in [2.45, 2.75) is 43.8 Å². The lowest BCUT2D eigenvalue weighted by atomic mass is 10.1. The molecule has 0 radical (unpaired) electrons. The molecule has 1 fully saturated rings. The van der Waals surface area contributed by atoms with Crippen molar-refractivity contribution in [1.29, 1.82) is 0 Å². The second-order valence-corrected chi connectivity index (χ2v) is 7.28. The fourth-order valence-electron chi connectivity index (χ4n) is 2.89. The monoisotopic (exact) mass is 418 g/mol. The number of rotatable bonds is 11. The average molecular weight is 418 g/mol. The zero-order chi connectivity index (χ0) is 21.3. The minimum atomic E-state index is -1.43. The van der Waals surface area contributed by atoms with Crippen molar-refractivity contribution in [3.8, 4) is 0 Å². The topological polar surface area (TPSA) is 179 Å². The van der Waals surface area contributed by atoms with E-state index in [0.29, 0.717) is 12.2 Å². The summed E-state index contributed by atoms with van der Waals surface area (Å²) in [5, 5.41) is 23.1. The Hall–Kier alpha value is -2.34. The van der Waals surface area contributed by atoms with Gasteiger partial charge in [-0.3, -0.25) is 19.2 Å². The number of hydrogen-bond donors (Lipinski definition) is 5. The molecule has 1 aliphatic heterocycles. The van der Waals surface area contributed by atoms with Crippen molar-refractivity contribution in [3.63, 3.8) is 0 Å². The van der Waals surface area contributed by atoms with Crippen molar-refractivity contribution in [2.24, 2.45) is 5.73 Å². The van der Waals surface area contributed by atoms with Gasteiger partial charge in [-0.05, 0) is 31.3 Å². The first-order chi connectivity index (χ1) is 13.2. The molecule has 1 rings (SSSR count). The van der Waals surface area contributed by atoms with Gasteiger partial charge in [0.25, 0.3) is 0 Å². The van der Waals surface area contributed by atoms with Crippen molar-refractivity contribution < 1.29 is 34.2 Å². The van der Waals surface area contributed by atoms with Crippen molar-refractivity contribution in [2.75, 3.05) is 25.1 Å². The zero-order valence-electron chi connectivity index (χ0n) is 15.6. The number of carboxylic acid groups (broad SMARTS) is 2. The molecule has 28 heavy (non-hydrogen) atoms. The Kier molecular flexibility index (Phi) is 9.73. The van der Waals surface area contributed by atoms with Gasteiger partial charge in [0.15, 0.2) is 0 Å². The standard InChI is InChI=1S/C16H26N4O7S/c1-28-6-4-9(18-12(21)8-17)14(24)19-10(7-13(22)23)15(25)20-5-2-3-11(20)16(26)27/h9-11H,2-8,17H2,1H3,(H,18,21)(H,19,24)(H,22,23)(H,26,27). The van der Waals surface area contributed by atoms with Crippen LogP contribution >= 0.6 is 11.8 Å². The molecule has 0 saturated carbocycles. The van der Waals surface area contributed by atoms with Crippen LogP contribution in [-0.2, 0) is 24.0 Å². The lowest BCUT2D eigenvalue weighted by Crippen LogP contribution is -2.56.